The standard InChI is InChI=1S/2C4H8O2S.2C4H9.Sn/c2*1-4(5)6-2-3-7;2*1-3-4-2;/h2*7H,2-3H2,1H3;2*1,3-4H2,2H3;/q;;;;+2/p-2. The fourth-order valence-corrected chi connectivity index (χ4v) is 32.1. The zero-order valence-corrected chi connectivity index (χ0v) is 19.5. The normalized spacial score (nSPS) is 11.3. The van der Waals surface area contributed by atoms with E-state index < -0.39 is 15.6 Å². The van der Waals surface area contributed by atoms with Gasteiger partial charge in [-0.1, -0.05) is 0 Å². The van der Waals surface area contributed by atoms with E-state index in [9.17, 15) is 9.59 Å². The minimum atomic E-state index is -2.38. The maximum atomic E-state index is 10.9. The van der Waals surface area contributed by atoms with Crippen LogP contribution in [0.25, 0.3) is 0 Å². The summed E-state index contributed by atoms with van der Waals surface area (Å²) in [6.45, 7) is 8.43. The van der Waals surface area contributed by atoms with Gasteiger partial charge in [0.1, 0.15) is 0 Å². The number of rotatable bonds is 14. The first kappa shape index (κ1) is 23.4. The van der Waals surface area contributed by atoms with Gasteiger partial charge in [0.05, 0.1) is 0 Å². The first-order chi connectivity index (χ1) is 11.0. The summed E-state index contributed by atoms with van der Waals surface area (Å²) < 4.78 is 12.9. The molecule has 0 N–H and O–H groups in total. The molecule has 0 fully saturated rings. The van der Waals surface area contributed by atoms with Gasteiger partial charge in [-0.3, -0.25) is 0 Å². The molecule has 0 aliphatic rings. The van der Waals surface area contributed by atoms with Crippen molar-refractivity contribution in [1.82, 2.24) is 0 Å². The Kier molecular flexibility index (Phi) is 15.0. The Hall–Kier alpha value is 0.439. The summed E-state index contributed by atoms with van der Waals surface area (Å²) in [5.41, 5.74) is 0. The number of hydrogen-bond acceptors (Lipinski definition) is 6. The van der Waals surface area contributed by atoms with Crippen LogP contribution in [0.15, 0.2) is 0 Å². The zero-order chi connectivity index (χ0) is 17.6. The van der Waals surface area contributed by atoms with Gasteiger partial charge >= 0.3 is 151 Å². The SMILES string of the molecule is CCC[CH2][Sn]([CH2]CCC)([S]CCOC(C)=O)[S]CCOC(C)=O. The summed E-state index contributed by atoms with van der Waals surface area (Å²) >= 11 is -2.38. The molecule has 0 rings (SSSR count). The molecular formula is C16H32O4S2Sn. The van der Waals surface area contributed by atoms with Gasteiger partial charge in [0.15, 0.2) is 0 Å². The summed E-state index contributed by atoms with van der Waals surface area (Å²) in [5.74, 6) is 1.42. The molecule has 136 valence electrons. The molecule has 4 nitrogen and oxygen atoms in total. The van der Waals surface area contributed by atoms with Crippen LogP contribution in [0.4, 0.5) is 0 Å². The fourth-order valence-electron chi connectivity index (χ4n) is 2.17. The van der Waals surface area contributed by atoms with Crippen LogP contribution < -0.4 is 0 Å². The molecule has 0 spiro atoms. The number of hydrogen-bond donors (Lipinski definition) is 0. The van der Waals surface area contributed by atoms with Crippen molar-refractivity contribution in [1.29, 1.82) is 0 Å². The molecule has 7 heteroatoms. The fraction of sp³-hybridized carbons (Fsp3) is 0.875. The second kappa shape index (κ2) is 14.8. The Balaban J connectivity index is 4.57. The third kappa shape index (κ3) is 13.4. The number of esters is 2. The Morgan fingerprint density at radius 1 is 0.826 bits per heavy atom. The van der Waals surface area contributed by atoms with E-state index >= 15 is 0 Å². The predicted molar refractivity (Wildman–Crippen MR) is 103 cm³/mol. The Bertz CT molecular complexity index is 308. The van der Waals surface area contributed by atoms with Crippen LogP contribution in [0, 0.1) is 0 Å². The van der Waals surface area contributed by atoms with Crippen molar-refractivity contribution in [2.45, 2.75) is 62.3 Å². The van der Waals surface area contributed by atoms with Crippen molar-refractivity contribution in [2.75, 3.05) is 24.7 Å². The molecule has 0 aromatic carbocycles. The van der Waals surface area contributed by atoms with E-state index in [0.29, 0.717) is 13.2 Å². The summed E-state index contributed by atoms with van der Waals surface area (Å²) in [6.07, 6.45) is 5.00. The summed E-state index contributed by atoms with van der Waals surface area (Å²) in [4.78, 5) is 21.8. The van der Waals surface area contributed by atoms with Gasteiger partial charge in [0, 0.05) is 0 Å². The zero-order valence-electron chi connectivity index (χ0n) is 15.0. The van der Waals surface area contributed by atoms with Crippen LogP contribution in [-0.4, -0.2) is 52.3 Å². The van der Waals surface area contributed by atoms with E-state index in [-0.39, 0.29) is 11.9 Å². The van der Waals surface area contributed by atoms with Gasteiger partial charge < -0.3 is 0 Å². The first-order valence-electron chi connectivity index (χ1n) is 8.50. The van der Waals surface area contributed by atoms with Gasteiger partial charge in [-0.15, -0.1) is 0 Å². The average Bonchev–Trinajstić information content (AvgIpc) is 2.51. The van der Waals surface area contributed by atoms with Gasteiger partial charge in [-0.05, 0) is 0 Å². The van der Waals surface area contributed by atoms with Crippen molar-refractivity contribution < 1.29 is 19.1 Å². The van der Waals surface area contributed by atoms with Gasteiger partial charge in [0.25, 0.3) is 0 Å². The van der Waals surface area contributed by atoms with E-state index in [0.717, 1.165) is 11.5 Å². The molecule has 0 aromatic rings. The number of carbonyl (C=O) groups excluding carboxylic acids is 2. The van der Waals surface area contributed by atoms with E-state index in [1.54, 1.807) is 0 Å². The van der Waals surface area contributed by atoms with Gasteiger partial charge in [0.2, 0.25) is 0 Å². The summed E-state index contributed by atoms with van der Waals surface area (Å²) in [6, 6.07) is 0. The average molecular weight is 471 g/mol. The first-order valence-corrected chi connectivity index (χ1v) is 21.5. The molecule has 0 aromatic heterocycles. The molecule has 0 saturated carbocycles. The molecular weight excluding hydrogens is 439 g/mol. The quantitative estimate of drug-likeness (QED) is 0.209. The minimum absolute atomic E-state index is 0.198. The molecule has 0 heterocycles. The van der Waals surface area contributed by atoms with Gasteiger partial charge in [-0.2, -0.15) is 0 Å². The number of carbonyl (C=O) groups is 2. The molecule has 0 aliphatic heterocycles. The summed E-state index contributed by atoms with van der Waals surface area (Å²) in [7, 11) is 4.21. The topological polar surface area (TPSA) is 52.6 Å². The van der Waals surface area contributed by atoms with E-state index in [2.05, 4.69) is 31.7 Å². The van der Waals surface area contributed by atoms with Crippen LogP contribution >= 0.6 is 17.9 Å². The maximum absolute atomic E-state index is 10.9. The molecule has 0 bridgehead atoms. The van der Waals surface area contributed by atoms with E-state index in [1.165, 1.54) is 48.4 Å². The van der Waals surface area contributed by atoms with Gasteiger partial charge in [-0.25, -0.2) is 0 Å². The van der Waals surface area contributed by atoms with Crippen LogP contribution in [0.2, 0.25) is 8.87 Å². The molecule has 0 saturated heterocycles. The van der Waals surface area contributed by atoms with Crippen molar-refractivity contribution in [3.8, 4) is 0 Å². The second-order valence-electron chi connectivity index (χ2n) is 5.49. The van der Waals surface area contributed by atoms with Crippen molar-refractivity contribution in [3.63, 3.8) is 0 Å². The molecule has 0 radical (unpaired) electrons. The number of unbranched alkanes of at least 4 members (excludes halogenated alkanes) is 2. The van der Waals surface area contributed by atoms with Crippen LogP contribution in [0.3, 0.4) is 0 Å². The molecule has 0 amide bonds. The number of ether oxygens (including phenoxy) is 2. The van der Waals surface area contributed by atoms with E-state index in [1.807, 2.05) is 0 Å². The molecule has 0 aliphatic carbocycles. The summed E-state index contributed by atoms with van der Waals surface area (Å²) in [5, 5.41) is 0. The van der Waals surface area contributed by atoms with Crippen molar-refractivity contribution in [3.05, 3.63) is 0 Å². The Morgan fingerprint density at radius 3 is 1.52 bits per heavy atom. The van der Waals surface area contributed by atoms with Crippen molar-refractivity contribution >= 4 is 45.4 Å². The van der Waals surface area contributed by atoms with Crippen LogP contribution in [0.5, 0.6) is 0 Å². The van der Waals surface area contributed by atoms with Crippen LogP contribution in [-0.2, 0) is 19.1 Å². The van der Waals surface area contributed by atoms with Crippen LogP contribution in [0.1, 0.15) is 53.4 Å². The third-order valence-electron chi connectivity index (χ3n) is 3.33. The second-order valence-corrected chi connectivity index (χ2v) is 32.1. The van der Waals surface area contributed by atoms with E-state index in [4.69, 9.17) is 9.47 Å². The Labute approximate surface area is 151 Å². The van der Waals surface area contributed by atoms with Crippen molar-refractivity contribution in [2.24, 2.45) is 0 Å². The predicted octanol–water partition coefficient (Wildman–Crippen LogP) is 4.62. The monoisotopic (exact) mass is 472 g/mol. The Morgan fingerprint density at radius 2 is 1.22 bits per heavy atom. The molecule has 0 atom stereocenters. The molecule has 0 unspecified atom stereocenters. The molecule has 23 heavy (non-hydrogen) atoms. The third-order valence-corrected chi connectivity index (χ3v) is 34.2.